The van der Waals surface area contributed by atoms with Crippen molar-refractivity contribution in [3.05, 3.63) is 63.8 Å². The number of aryl methyl sites for hydroxylation is 1. The Morgan fingerprint density at radius 3 is 2.88 bits per heavy atom. The average molecular weight is 435 g/mol. The summed E-state index contributed by atoms with van der Waals surface area (Å²) in [7, 11) is 0. The molecule has 1 aliphatic rings. The number of aromatic nitrogens is 5. The third kappa shape index (κ3) is 3.47. The third-order valence-corrected chi connectivity index (χ3v) is 5.55. The van der Waals surface area contributed by atoms with Crippen LogP contribution in [0.3, 0.4) is 0 Å². The summed E-state index contributed by atoms with van der Waals surface area (Å²) in [6.07, 6.45) is 4.03. The van der Waals surface area contributed by atoms with Crippen LogP contribution < -0.4 is 5.32 Å². The minimum absolute atomic E-state index is 0.0416. The molecule has 2 aromatic carbocycles. The number of nitrogens with zero attached hydrogens (tertiary/aromatic N) is 5. The SMILES string of the molecule is O=C(Nc1cc(-c2nnc3n2CCCCC3)ccc1F)c1n[nH]c2ccc([N+](=O)[O-])cc12. The summed E-state index contributed by atoms with van der Waals surface area (Å²) >= 11 is 0. The number of nitro groups is 1. The van der Waals surface area contributed by atoms with Gasteiger partial charge >= 0.3 is 0 Å². The topological polar surface area (TPSA) is 132 Å². The van der Waals surface area contributed by atoms with Gasteiger partial charge in [-0.25, -0.2) is 4.39 Å². The van der Waals surface area contributed by atoms with E-state index in [1.807, 2.05) is 4.57 Å². The van der Waals surface area contributed by atoms with Gasteiger partial charge in [0.25, 0.3) is 11.6 Å². The molecular formula is C21H18FN7O3. The van der Waals surface area contributed by atoms with Gasteiger partial charge in [0, 0.05) is 36.0 Å². The first-order valence-corrected chi connectivity index (χ1v) is 10.2. The van der Waals surface area contributed by atoms with Crippen molar-refractivity contribution in [3.63, 3.8) is 0 Å². The van der Waals surface area contributed by atoms with Gasteiger partial charge in [-0.3, -0.25) is 20.0 Å². The Hall–Kier alpha value is -4.15. The van der Waals surface area contributed by atoms with E-state index < -0.39 is 16.6 Å². The Bertz CT molecular complexity index is 1360. The van der Waals surface area contributed by atoms with Crippen LogP contribution in [0.2, 0.25) is 0 Å². The molecule has 1 amide bonds. The highest BCUT2D eigenvalue weighted by atomic mass is 19.1. The highest BCUT2D eigenvalue weighted by Gasteiger charge is 2.21. The number of nitrogens with one attached hydrogen (secondary N) is 2. The molecule has 11 heteroatoms. The van der Waals surface area contributed by atoms with Crippen LogP contribution >= 0.6 is 0 Å². The molecule has 0 aliphatic carbocycles. The molecule has 5 rings (SSSR count). The lowest BCUT2D eigenvalue weighted by atomic mass is 10.1. The van der Waals surface area contributed by atoms with Crippen molar-refractivity contribution < 1.29 is 14.1 Å². The largest absolute Gasteiger partial charge is 0.318 e. The average Bonchev–Trinajstić information content (AvgIpc) is 3.32. The summed E-state index contributed by atoms with van der Waals surface area (Å²) in [5.41, 5.74) is 0.810. The fourth-order valence-corrected chi connectivity index (χ4v) is 3.93. The van der Waals surface area contributed by atoms with E-state index in [1.54, 1.807) is 6.07 Å². The van der Waals surface area contributed by atoms with E-state index in [0.29, 0.717) is 16.9 Å². The van der Waals surface area contributed by atoms with Gasteiger partial charge in [0.1, 0.15) is 11.6 Å². The van der Waals surface area contributed by atoms with Crippen LogP contribution in [0.15, 0.2) is 36.4 Å². The Kier molecular flexibility index (Phi) is 4.85. The van der Waals surface area contributed by atoms with E-state index in [2.05, 4.69) is 25.7 Å². The normalized spacial score (nSPS) is 13.5. The highest BCUT2D eigenvalue weighted by Crippen LogP contribution is 2.28. The van der Waals surface area contributed by atoms with Crippen LogP contribution in [0.25, 0.3) is 22.3 Å². The van der Waals surface area contributed by atoms with Crippen molar-refractivity contribution in [2.45, 2.75) is 32.2 Å². The molecule has 0 fully saturated rings. The molecule has 10 nitrogen and oxygen atoms in total. The van der Waals surface area contributed by atoms with Gasteiger partial charge in [0.15, 0.2) is 11.5 Å². The van der Waals surface area contributed by atoms with Gasteiger partial charge in [-0.1, -0.05) is 6.42 Å². The second-order valence-corrected chi connectivity index (χ2v) is 7.61. The first-order chi connectivity index (χ1) is 15.5. The molecular weight excluding hydrogens is 417 g/mol. The molecule has 2 N–H and O–H groups in total. The number of fused-ring (bicyclic) bond motifs is 2. The maximum absolute atomic E-state index is 14.5. The lowest BCUT2D eigenvalue weighted by molar-refractivity contribution is -0.384. The Morgan fingerprint density at radius 1 is 1.16 bits per heavy atom. The van der Waals surface area contributed by atoms with Crippen molar-refractivity contribution in [1.29, 1.82) is 0 Å². The second-order valence-electron chi connectivity index (χ2n) is 7.61. The number of carbonyl (C=O) groups excluding carboxylic acids is 1. The van der Waals surface area contributed by atoms with Gasteiger partial charge in [0.2, 0.25) is 0 Å². The zero-order valence-electron chi connectivity index (χ0n) is 16.8. The standard InChI is InChI=1S/C21H18FN7O3/c22-15-7-5-12(20-27-25-18-4-2-1-3-9-28(18)20)10-17(15)23-21(30)19-14-11-13(29(31)32)6-8-16(14)24-26-19/h5-8,10-11H,1-4,9H2,(H,23,30)(H,24,26). The number of aromatic amines is 1. The first kappa shape index (κ1) is 19.8. The highest BCUT2D eigenvalue weighted by molar-refractivity contribution is 6.11. The Morgan fingerprint density at radius 2 is 2.03 bits per heavy atom. The maximum atomic E-state index is 14.5. The van der Waals surface area contributed by atoms with Crippen LogP contribution in [0.4, 0.5) is 15.8 Å². The lowest BCUT2D eigenvalue weighted by Crippen LogP contribution is -2.14. The molecule has 3 heterocycles. The van der Waals surface area contributed by atoms with Crippen molar-refractivity contribution in [3.8, 4) is 11.4 Å². The van der Waals surface area contributed by atoms with E-state index in [0.717, 1.165) is 38.1 Å². The molecule has 0 atom stereocenters. The van der Waals surface area contributed by atoms with Gasteiger partial charge in [0.05, 0.1) is 16.1 Å². The van der Waals surface area contributed by atoms with Gasteiger partial charge in [-0.2, -0.15) is 5.10 Å². The monoisotopic (exact) mass is 435 g/mol. The number of carbonyl (C=O) groups is 1. The number of nitro benzene ring substituents is 1. The molecule has 0 unspecified atom stereocenters. The molecule has 32 heavy (non-hydrogen) atoms. The quantitative estimate of drug-likeness (QED) is 0.370. The van der Waals surface area contributed by atoms with Crippen LogP contribution in [0, 0.1) is 15.9 Å². The number of hydrogen-bond donors (Lipinski definition) is 2. The van der Waals surface area contributed by atoms with Crippen LogP contribution in [-0.2, 0) is 13.0 Å². The fourth-order valence-electron chi connectivity index (χ4n) is 3.93. The number of anilines is 1. The van der Waals surface area contributed by atoms with Crippen LogP contribution in [0.5, 0.6) is 0 Å². The summed E-state index contributed by atoms with van der Waals surface area (Å²) in [6, 6.07) is 8.40. The summed E-state index contributed by atoms with van der Waals surface area (Å²) in [6.45, 7) is 0.786. The zero-order chi connectivity index (χ0) is 22.2. The molecule has 162 valence electrons. The number of rotatable bonds is 4. The van der Waals surface area contributed by atoms with E-state index in [9.17, 15) is 19.3 Å². The van der Waals surface area contributed by atoms with Crippen molar-refractivity contribution in [2.75, 3.05) is 5.32 Å². The minimum atomic E-state index is -0.687. The summed E-state index contributed by atoms with van der Waals surface area (Å²) in [5, 5.41) is 29.0. The van der Waals surface area contributed by atoms with Gasteiger partial charge in [-0.05, 0) is 37.1 Å². The minimum Gasteiger partial charge on any atom is -0.318 e. The molecule has 2 aromatic heterocycles. The number of benzene rings is 2. The summed E-state index contributed by atoms with van der Waals surface area (Å²) in [5.74, 6) is 0.214. The van der Waals surface area contributed by atoms with Crippen molar-refractivity contribution >= 4 is 28.2 Å². The molecule has 1 aliphatic heterocycles. The Labute approximate surface area is 180 Å². The molecule has 0 bridgehead atoms. The van der Waals surface area contributed by atoms with Crippen LogP contribution in [0.1, 0.15) is 35.6 Å². The lowest BCUT2D eigenvalue weighted by Gasteiger charge is -2.10. The van der Waals surface area contributed by atoms with Crippen molar-refractivity contribution in [1.82, 2.24) is 25.0 Å². The predicted molar refractivity (Wildman–Crippen MR) is 114 cm³/mol. The molecule has 0 radical (unpaired) electrons. The number of non-ortho nitro benzene ring substituents is 1. The van der Waals surface area contributed by atoms with E-state index >= 15 is 0 Å². The van der Waals surface area contributed by atoms with E-state index in [-0.39, 0.29) is 22.5 Å². The summed E-state index contributed by atoms with van der Waals surface area (Å²) in [4.78, 5) is 23.3. The number of amides is 1. The number of halogens is 1. The number of H-pyrrole nitrogens is 1. The van der Waals surface area contributed by atoms with Gasteiger partial charge < -0.3 is 9.88 Å². The van der Waals surface area contributed by atoms with E-state index in [4.69, 9.17) is 0 Å². The molecule has 0 saturated carbocycles. The van der Waals surface area contributed by atoms with E-state index in [1.165, 1.54) is 30.3 Å². The first-order valence-electron chi connectivity index (χ1n) is 10.2. The Balaban J connectivity index is 1.47. The maximum Gasteiger partial charge on any atom is 0.276 e. The van der Waals surface area contributed by atoms with Crippen molar-refractivity contribution in [2.24, 2.45) is 0 Å². The zero-order valence-corrected chi connectivity index (χ0v) is 16.8. The van der Waals surface area contributed by atoms with Gasteiger partial charge in [-0.15, -0.1) is 10.2 Å². The molecule has 0 saturated heterocycles. The smallest absolute Gasteiger partial charge is 0.276 e. The second kappa shape index (κ2) is 7.84. The molecule has 4 aromatic rings. The fraction of sp³-hybridized carbons (Fsp3) is 0.238. The predicted octanol–water partition coefficient (Wildman–Crippen LogP) is 3.85. The number of hydrogen-bond acceptors (Lipinski definition) is 6. The third-order valence-electron chi connectivity index (χ3n) is 5.55. The molecule has 0 spiro atoms. The summed E-state index contributed by atoms with van der Waals surface area (Å²) < 4.78 is 16.6. The van der Waals surface area contributed by atoms with Crippen LogP contribution in [-0.4, -0.2) is 35.8 Å².